The second-order valence-electron chi connectivity index (χ2n) is 5.10. The topological polar surface area (TPSA) is 55.1 Å². The van der Waals surface area contributed by atoms with Crippen LogP contribution < -0.4 is 11.1 Å². The maximum Gasteiger partial charge on any atom is 0.224 e. The number of hydrogen-bond acceptors (Lipinski definition) is 2. The Morgan fingerprint density at radius 2 is 2.11 bits per heavy atom. The van der Waals surface area contributed by atoms with Gasteiger partial charge in [-0.25, -0.2) is 0 Å². The molecule has 1 amide bonds. The van der Waals surface area contributed by atoms with E-state index in [1.54, 1.807) is 6.07 Å². The standard InChI is InChI=1S/C14H19ClN2O/c1-9-6-11(16)8-12(15)14(9)17-13(18)7-10-4-2-3-5-10/h6,8,10H,2-5,7,16H2,1H3,(H,17,18). The van der Waals surface area contributed by atoms with Crippen LogP contribution in [0.3, 0.4) is 0 Å². The number of nitrogens with one attached hydrogen (secondary N) is 1. The van der Waals surface area contributed by atoms with E-state index in [1.807, 2.05) is 13.0 Å². The van der Waals surface area contributed by atoms with Gasteiger partial charge in [0.25, 0.3) is 0 Å². The van der Waals surface area contributed by atoms with Gasteiger partial charge in [-0.2, -0.15) is 0 Å². The monoisotopic (exact) mass is 266 g/mol. The summed E-state index contributed by atoms with van der Waals surface area (Å²) in [5.74, 6) is 0.592. The highest BCUT2D eigenvalue weighted by Gasteiger charge is 2.19. The summed E-state index contributed by atoms with van der Waals surface area (Å²) in [5, 5.41) is 3.41. The fourth-order valence-electron chi connectivity index (χ4n) is 2.60. The van der Waals surface area contributed by atoms with Crippen molar-refractivity contribution in [1.29, 1.82) is 0 Å². The van der Waals surface area contributed by atoms with Gasteiger partial charge in [0.2, 0.25) is 5.91 Å². The summed E-state index contributed by atoms with van der Waals surface area (Å²) in [6, 6.07) is 3.48. The average molecular weight is 267 g/mol. The van der Waals surface area contributed by atoms with Crippen molar-refractivity contribution in [2.24, 2.45) is 5.92 Å². The lowest BCUT2D eigenvalue weighted by Gasteiger charge is -2.13. The predicted octanol–water partition coefficient (Wildman–Crippen LogP) is 3.75. The summed E-state index contributed by atoms with van der Waals surface area (Å²) in [6.07, 6.45) is 5.43. The molecule has 0 unspecified atom stereocenters. The molecule has 0 saturated heterocycles. The SMILES string of the molecule is Cc1cc(N)cc(Cl)c1NC(=O)CC1CCCC1. The predicted molar refractivity (Wildman–Crippen MR) is 75.8 cm³/mol. The zero-order valence-electron chi connectivity index (χ0n) is 10.6. The number of rotatable bonds is 3. The Bertz CT molecular complexity index is 430. The van der Waals surface area contributed by atoms with Gasteiger partial charge < -0.3 is 11.1 Å². The molecule has 18 heavy (non-hydrogen) atoms. The van der Waals surface area contributed by atoms with Gasteiger partial charge in [-0.05, 0) is 43.4 Å². The molecular formula is C14H19ClN2O. The van der Waals surface area contributed by atoms with Gasteiger partial charge in [-0.15, -0.1) is 0 Å². The first-order valence-electron chi connectivity index (χ1n) is 6.41. The second kappa shape index (κ2) is 5.61. The van der Waals surface area contributed by atoms with Crippen LogP contribution in [0.2, 0.25) is 5.02 Å². The van der Waals surface area contributed by atoms with Gasteiger partial charge in [0.15, 0.2) is 0 Å². The molecule has 0 bridgehead atoms. The van der Waals surface area contributed by atoms with E-state index in [0.717, 1.165) is 5.56 Å². The van der Waals surface area contributed by atoms with E-state index in [1.165, 1.54) is 25.7 Å². The Labute approximate surface area is 113 Å². The molecule has 0 heterocycles. The molecule has 0 atom stereocenters. The molecule has 1 saturated carbocycles. The third-order valence-electron chi connectivity index (χ3n) is 3.52. The molecule has 1 aromatic carbocycles. The summed E-state index contributed by atoms with van der Waals surface area (Å²) in [6.45, 7) is 1.90. The molecule has 4 heteroatoms. The zero-order chi connectivity index (χ0) is 13.1. The fraction of sp³-hybridized carbons (Fsp3) is 0.500. The Kier molecular flexibility index (Phi) is 4.12. The molecule has 1 aromatic rings. The number of nitrogen functional groups attached to an aromatic ring is 1. The Hall–Kier alpha value is -1.22. The summed E-state index contributed by atoms with van der Waals surface area (Å²) in [4.78, 5) is 12.0. The van der Waals surface area contributed by atoms with E-state index >= 15 is 0 Å². The van der Waals surface area contributed by atoms with Gasteiger partial charge in [0, 0.05) is 12.1 Å². The first kappa shape index (κ1) is 13.2. The number of carbonyl (C=O) groups is 1. The second-order valence-corrected chi connectivity index (χ2v) is 5.50. The van der Waals surface area contributed by atoms with Gasteiger partial charge in [-0.3, -0.25) is 4.79 Å². The van der Waals surface area contributed by atoms with Gasteiger partial charge >= 0.3 is 0 Å². The summed E-state index contributed by atoms with van der Waals surface area (Å²) < 4.78 is 0. The quantitative estimate of drug-likeness (QED) is 0.819. The molecule has 0 aromatic heterocycles. The summed E-state index contributed by atoms with van der Waals surface area (Å²) in [5.41, 5.74) is 7.90. The van der Waals surface area contributed by atoms with Crippen LogP contribution in [-0.4, -0.2) is 5.91 Å². The van der Waals surface area contributed by atoms with Crippen LogP contribution in [0.5, 0.6) is 0 Å². The van der Waals surface area contributed by atoms with Crippen LogP contribution >= 0.6 is 11.6 Å². The highest BCUT2D eigenvalue weighted by Crippen LogP contribution is 2.31. The van der Waals surface area contributed by atoms with E-state index in [-0.39, 0.29) is 5.91 Å². The molecule has 1 aliphatic carbocycles. The maximum atomic E-state index is 12.0. The van der Waals surface area contributed by atoms with E-state index in [2.05, 4.69) is 5.32 Å². The molecule has 1 fully saturated rings. The van der Waals surface area contributed by atoms with Crippen molar-refractivity contribution in [1.82, 2.24) is 0 Å². The molecule has 3 nitrogen and oxygen atoms in total. The van der Waals surface area contributed by atoms with Gasteiger partial charge in [0.1, 0.15) is 0 Å². The minimum atomic E-state index is 0.0525. The Morgan fingerprint density at radius 1 is 1.44 bits per heavy atom. The molecule has 3 N–H and O–H groups in total. The molecule has 0 radical (unpaired) electrons. The number of anilines is 2. The van der Waals surface area contributed by atoms with Crippen molar-refractivity contribution in [3.8, 4) is 0 Å². The normalized spacial score (nSPS) is 15.9. The van der Waals surface area contributed by atoms with Crippen LogP contribution in [0.4, 0.5) is 11.4 Å². The number of halogens is 1. The lowest BCUT2D eigenvalue weighted by molar-refractivity contribution is -0.117. The number of aryl methyl sites for hydroxylation is 1. The average Bonchev–Trinajstić information content (AvgIpc) is 2.76. The number of amides is 1. The summed E-state index contributed by atoms with van der Waals surface area (Å²) in [7, 11) is 0. The van der Waals surface area contributed by atoms with E-state index in [4.69, 9.17) is 17.3 Å². The molecule has 2 rings (SSSR count). The van der Waals surface area contributed by atoms with Crippen LogP contribution in [-0.2, 0) is 4.79 Å². The van der Waals surface area contributed by atoms with Crippen LogP contribution in [0.15, 0.2) is 12.1 Å². The lowest BCUT2D eigenvalue weighted by atomic mass is 10.0. The number of carbonyl (C=O) groups excluding carboxylic acids is 1. The summed E-state index contributed by atoms with van der Waals surface area (Å²) >= 11 is 6.10. The highest BCUT2D eigenvalue weighted by atomic mass is 35.5. The highest BCUT2D eigenvalue weighted by molar-refractivity contribution is 6.34. The van der Waals surface area contributed by atoms with Gasteiger partial charge in [-0.1, -0.05) is 24.4 Å². The Morgan fingerprint density at radius 3 is 2.72 bits per heavy atom. The third-order valence-corrected chi connectivity index (χ3v) is 3.82. The zero-order valence-corrected chi connectivity index (χ0v) is 11.4. The van der Waals surface area contributed by atoms with Crippen LogP contribution in [0, 0.1) is 12.8 Å². The van der Waals surface area contributed by atoms with Crippen molar-refractivity contribution >= 4 is 28.9 Å². The minimum absolute atomic E-state index is 0.0525. The Balaban J connectivity index is 2.02. The van der Waals surface area contributed by atoms with E-state index in [0.29, 0.717) is 28.7 Å². The van der Waals surface area contributed by atoms with Crippen molar-refractivity contribution in [3.63, 3.8) is 0 Å². The van der Waals surface area contributed by atoms with Gasteiger partial charge in [0.05, 0.1) is 10.7 Å². The smallest absolute Gasteiger partial charge is 0.224 e. The molecule has 0 aliphatic heterocycles. The van der Waals surface area contributed by atoms with Crippen molar-refractivity contribution in [2.45, 2.75) is 39.0 Å². The number of hydrogen-bond donors (Lipinski definition) is 2. The molecular weight excluding hydrogens is 248 g/mol. The molecule has 0 spiro atoms. The first-order chi connectivity index (χ1) is 8.56. The maximum absolute atomic E-state index is 12.0. The molecule has 98 valence electrons. The lowest BCUT2D eigenvalue weighted by Crippen LogP contribution is -2.16. The van der Waals surface area contributed by atoms with Crippen molar-refractivity contribution in [3.05, 3.63) is 22.7 Å². The first-order valence-corrected chi connectivity index (χ1v) is 6.79. The van der Waals surface area contributed by atoms with Crippen LogP contribution in [0.25, 0.3) is 0 Å². The third kappa shape index (κ3) is 3.16. The van der Waals surface area contributed by atoms with Crippen molar-refractivity contribution < 1.29 is 4.79 Å². The number of nitrogens with two attached hydrogens (primary N) is 1. The fourth-order valence-corrected chi connectivity index (χ4v) is 2.92. The van der Waals surface area contributed by atoms with E-state index in [9.17, 15) is 4.79 Å². The van der Waals surface area contributed by atoms with E-state index < -0.39 is 0 Å². The number of benzene rings is 1. The largest absolute Gasteiger partial charge is 0.399 e. The molecule has 1 aliphatic rings. The minimum Gasteiger partial charge on any atom is -0.399 e. The van der Waals surface area contributed by atoms with Crippen LogP contribution in [0.1, 0.15) is 37.7 Å². The van der Waals surface area contributed by atoms with Crippen molar-refractivity contribution in [2.75, 3.05) is 11.1 Å².